The summed E-state index contributed by atoms with van der Waals surface area (Å²) in [6.45, 7) is 6.56. The third-order valence-electron chi connectivity index (χ3n) is 6.69. The van der Waals surface area contributed by atoms with Gasteiger partial charge in [0.2, 0.25) is 0 Å². The largest absolute Gasteiger partial charge is 0.232 e. The molecule has 1 heterocycles. The molecule has 0 saturated heterocycles. The number of para-hydroxylation sites is 1. The molecule has 0 fully saturated rings. The monoisotopic (exact) mass is 496 g/mol. The maximum absolute atomic E-state index is 5.32. The van der Waals surface area contributed by atoms with Gasteiger partial charge in [0, 0.05) is 16.4 Å². The van der Waals surface area contributed by atoms with Crippen molar-refractivity contribution in [3.63, 3.8) is 0 Å². The van der Waals surface area contributed by atoms with Gasteiger partial charge in [-0.3, -0.25) is 0 Å². The van der Waals surface area contributed by atoms with E-state index in [1.54, 1.807) is 0 Å². The van der Waals surface area contributed by atoms with Crippen molar-refractivity contribution in [3.8, 4) is 11.3 Å². The predicted octanol–water partition coefficient (Wildman–Crippen LogP) is 7.51. The summed E-state index contributed by atoms with van der Waals surface area (Å²) in [6, 6.07) is 43.5. The van der Waals surface area contributed by atoms with Gasteiger partial charge in [0.05, 0.1) is 11.2 Å². The van der Waals surface area contributed by atoms with Crippen molar-refractivity contribution >= 4 is 45.5 Å². The molecule has 0 aliphatic carbocycles. The molecule has 37 heavy (non-hydrogen) atoms. The molecule has 6 rings (SSSR count). The molecule has 0 amide bonds. The molecule has 3 heteroatoms. The first-order valence-corrected chi connectivity index (χ1v) is 14.0. The van der Waals surface area contributed by atoms with Crippen LogP contribution in [0.4, 0.5) is 0 Å². The number of nitrogens with zero attached hydrogens (tertiary/aromatic N) is 2. The molecule has 5 aromatic carbocycles. The molecule has 0 N–H and O–H groups in total. The number of hydrogen-bond acceptors (Lipinski definition) is 2. The molecule has 0 saturated carbocycles. The van der Waals surface area contributed by atoms with E-state index in [9.17, 15) is 0 Å². The number of hydrogen-bond donors (Lipinski definition) is 0. The van der Waals surface area contributed by atoms with Crippen molar-refractivity contribution < 1.29 is 0 Å². The summed E-state index contributed by atoms with van der Waals surface area (Å²) < 4.78 is 0. The van der Waals surface area contributed by atoms with Gasteiger partial charge in [0.1, 0.15) is 5.82 Å². The normalized spacial score (nSPS) is 11.9. The summed E-state index contributed by atoms with van der Waals surface area (Å²) in [5, 5.41) is 7.50. The van der Waals surface area contributed by atoms with E-state index in [0.717, 1.165) is 22.4 Å². The highest BCUT2D eigenvalue weighted by Gasteiger charge is 2.26. The summed E-state index contributed by atoms with van der Waals surface area (Å²) in [7, 11) is -0.817. The van der Waals surface area contributed by atoms with Crippen LogP contribution in [0.15, 0.2) is 121 Å². The minimum absolute atomic E-state index is 0.173. The maximum atomic E-state index is 5.32. The molecule has 1 aromatic heterocycles. The lowest BCUT2D eigenvalue weighted by Gasteiger charge is -2.25. The molecular formula is C34H29N2P. The van der Waals surface area contributed by atoms with Crippen molar-refractivity contribution in [2.45, 2.75) is 26.2 Å². The van der Waals surface area contributed by atoms with Gasteiger partial charge in [0.25, 0.3) is 0 Å². The summed E-state index contributed by atoms with van der Waals surface area (Å²) >= 11 is 0. The van der Waals surface area contributed by atoms with Crippen molar-refractivity contribution in [1.82, 2.24) is 9.97 Å². The lowest BCUT2D eigenvalue weighted by Crippen LogP contribution is -2.23. The summed E-state index contributed by atoms with van der Waals surface area (Å²) in [5.41, 5.74) is 3.04. The highest BCUT2D eigenvalue weighted by Crippen LogP contribution is 2.41. The van der Waals surface area contributed by atoms with Gasteiger partial charge in [-0.15, -0.1) is 0 Å². The van der Waals surface area contributed by atoms with Crippen molar-refractivity contribution in [2.24, 2.45) is 0 Å². The number of benzene rings is 5. The summed E-state index contributed by atoms with van der Waals surface area (Å²) in [5.74, 6) is 0.865. The van der Waals surface area contributed by atoms with Crippen LogP contribution in [0.5, 0.6) is 0 Å². The van der Waals surface area contributed by atoms with Gasteiger partial charge in [0.15, 0.2) is 0 Å². The molecule has 0 aliphatic heterocycles. The van der Waals surface area contributed by atoms with Crippen LogP contribution in [-0.2, 0) is 5.41 Å². The minimum Gasteiger partial charge on any atom is -0.232 e. The number of fused-ring (bicyclic) bond motifs is 2. The third kappa shape index (κ3) is 4.43. The Labute approximate surface area is 219 Å². The highest BCUT2D eigenvalue weighted by atomic mass is 31.1. The smallest absolute Gasteiger partial charge is 0.135 e. The van der Waals surface area contributed by atoms with Crippen LogP contribution in [0.3, 0.4) is 0 Å². The van der Waals surface area contributed by atoms with E-state index < -0.39 is 7.92 Å². The van der Waals surface area contributed by atoms with Gasteiger partial charge < -0.3 is 0 Å². The fourth-order valence-electron chi connectivity index (χ4n) is 4.88. The average Bonchev–Trinajstić information content (AvgIpc) is 2.93. The van der Waals surface area contributed by atoms with E-state index in [1.165, 1.54) is 32.2 Å². The van der Waals surface area contributed by atoms with Crippen molar-refractivity contribution in [3.05, 3.63) is 127 Å². The zero-order valence-corrected chi connectivity index (χ0v) is 22.3. The van der Waals surface area contributed by atoms with Crippen LogP contribution in [-0.4, -0.2) is 9.97 Å². The maximum Gasteiger partial charge on any atom is 0.135 e. The molecule has 180 valence electrons. The van der Waals surface area contributed by atoms with Crippen LogP contribution >= 0.6 is 7.92 Å². The molecule has 2 nitrogen and oxygen atoms in total. The Balaban J connectivity index is 1.76. The van der Waals surface area contributed by atoms with Gasteiger partial charge in [-0.05, 0) is 40.7 Å². The second-order valence-electron chi connectivity index (χ2n) is 10.4. The zero-order chi connectivity index (χ0) is 25.4. The fraction of sp³-hybridized carbons (Fsp3) is 0.118. The van der Waals surface area contributed by atoms with Crippen LogP contribution in [0.1, 0.15) is 26.6 Å². The van der Waals surface area contributed by atoms with Crippen LogP contribution in [0.25, 0.3) is 32.9 Å². The molecule has 0 bridgehead atoms. The quantitative estimate of drug-likeness (QED) is 0.236. The molecule has 6 aromatic rings. The van der Waals surface area contributed by atoms with Crippen molar-refractivity contribution in [1.29, 1.82) is 0 Å². The standard InChI is InChI=1S/C34H29N2P/c1-34(2,3)33-35-29-21-13-12-20-28(29)32(36-33)31-27-19-11-10-14-24(27)22-23-30(31)37(25-15-6-4-7-16-25)26-17-8-5-9-18-26/h4-23H,1-3H3. The molecule has 0 unspecified atom stereocenters. The Kier molecular flexibility index (Phi) is 6.07. The van der Waals surface area contributed by atoms with Gasteiger partial charge in [-0.1, -0.05) is 136 Å². The minimum atomic E-state index is -0.817. The predicted molar refractivity (Wildman–Crippen MR) is 160 cm³/mol. The Bertz CT molecular complexity index is 1660. The summed E-state index contributed by atoms with van der Waals surface area (Å²) in [6.07, 6.45) is 0. The molecular weight excluding hydrogens is 467 g/mol. The fourth-order valence-corrected chi connectivity index (χ4v) is 7.35. The van der Waals surface area contributed by atoms with E-state index in [0.29, 0.717) is 0 Å². The molecule has 0 atom stereocenters. The van der Waals surface area contributed by atoms with Crippen LogP contribution in [0, 0.1) is 0 Å². The second kappa shape index (κ2) is 9.54. The first-order chi connectivity index (χ1) is 18.0. The lowest BCUT2D eigenvalue weighted by molar-refractivity contribution is 0.549. The SMILES string of the molecule is CC(C)(C)c1nc(-c2c(P(c3ccccc3)c3ccccc3)ccc3ccccc23)c2ccccc2n1. The van der Waals surface area contributed by atoms with Gasteiger partial charge in [-0.25, -0.2) is 9.97 Å². The average molecular weight is 497 g/mol. The molecule has 0 radical (unpaired) electrons. The molecule has 0 aliphatic rings. The third-order valence-corrected chi connectivity index (χ3v) is 9.17. The van der Waals surface area contributed by atoms with Gasteiger partial charge in [-0.2, -0.15) is 0 Å². The zero-order valence-electron chi connectivity index (χ0n) is 21.4. The Morgan fingerprint density at radius 3 is 1.76 bits per heavy atom. The van der Waals surface area contributed by atoms with Crippen LogP contribution < -0.4 is 15.9 Å². The first-order valence-electron chi connectivity index (χ1n) is 12.7. The second-order valence-corrected chi connectivity index (χ2v) is 12.5. The lowest BCUT2D eigenvalue weighted by atomic mass is 9.94. The van der Waals surface area contributed by atoms with E-state index in [-0.39, 0.29) is 5.41 Å². The Hall–Kier alpha value is -3.87. The first kappa shape index (κ1) is 23.5. The molecule has 0 spiro atoms. The van der Waals surface area contributed by atoms with E-state index in [1.807, 2.05) is 0 Å². The highest BCUT2D eigenvalue weighted by molar-refractivity contribution is 7.80. The summed E-state index contributed by atoms with van der Waals surface area (Å²) in [4.78, 5) is 10.3. The van der Waals surface area contributed by atoms with E-state index in [2.05, 4.69) is 142 Å². The van der Waals surface area contributed by atoms with Crippen molar-refractivity contribution in [2.75, 3.05) is 0 Å². The van der Waals surface area contributed by atoms with Crippen LogP contribution in [0.2, 0.25) is 0 Å². The number of rotatable bonds is 4. The topological polar surface area (TPSA) is 25.8 Å². The van der Waals surface area contributed by atoms with E-state index in [4.69, 9.17) is 9.97 Å². The Morgan fingerprint density at radius 2 is 1.11 bits per heavy atom. The number of aromatic nitrogens is 2. The Morgan fingerprint density at radius 1 is 0.541 bits per heavy atom. The van der Waals surface area contributed by atoms with Gasteiger partial charge >= 0.3 is 0 Å². The van der Waals surface area contributed by atoms with E-state index >= 15 is 0 Å².